The number of hydrogen-bond donors (Lipinski definition) is 0. The maximum Gasteiger partial charge on any atom is 0.0619 e. The van der Waals surface area contributed by atoms with Crippen LogP contribution < -0.4 is 4.90 Å². The summed E-state index contributed by atoms with van der Waals surface area (Å²) in [5.74, 6) is 0. The first-order valence-corrected chi connectivity index (χ1v) is 22.6. The van der Waals surface area contributed by atoms with Gasteiger partial charge in [0.15, 0.2) is 0 Å². The summed E-state index contributed by atoms with van der Waals surface area (Å²) in [5, 5.41) is 2.50. The van der Waals surface area contributed by atoms with Crippen molar-refractivity contribution in [3.05, 3.63) is 254 Å². The molecular formula is C63H46N2. The Hall–Kier alpha value is -8.20. The van der Waals surface area contributed by atoms with Crippen LogP contribution in [0.15, 0.2) is 243 Å². The van der Waals surface area contributed by atoms with Gasteiger partial charge in [0.1, 0.15) is 0 Å². The van der Waals surface area contributed by atoms with Crippen LogP contribution >= 0.6 is 0 Å². The second kappa shape index (κ2) is 15.6. The molecule has 0 amide bonds. The Balaban J connectivity index is 1.08. The minimum atomic E-state index is -0.152. The fraction of sp³-hybridized carbons (Fsp3) is 0.0476. The van der Waals surface area contributed by atoms with Crippen molar-refractivity contribution >= 4 is 38.9 Å². The molecule has 0 N–H and O–H groups in total. The molecule has 308 valence electrons. The van der Waals surface area contributed by atoms with E-state index >= 15 is 0 Å². The Bertz CT molecular complexity index is 3560. The second-order valence-electron chi connectivity index (χ2n) is 17.6. The molecule has 10 aromatic carbocycles. The molecule has 11 aromatic rings. The predicted octanol–water partition coefficient (Wildman–Crippen LogP) is 17.2. The van der Waals surface area contributed by atoms with E-state index in [1.165, 1.54) is 83.0 Å². The van der Waals surface area contributed by atoms with E-state index in [0.29, 0.717) is 0 Å². The Kier molecular flexibility index (Phi) is 9.21. The quantitative estimate of drug-likeness (QED) is 0.148. The maximum absolute atomic E-state index is 2.51. The molecule has 0 unspecified atom stereocenters. The zero-order valence-corrected chi connectivity index (χ0v) is 36.5. The Labute approximate surface area is 381 Å². The molecule has 0 spiro atoms. The van der Waals surface area contributed by atoms with Gasteiger partial charge in [-0.2, -0.15) is 0 Å². The maximum atomic E-state index is 2.51. The van der Waals surface area contributed by atoms with Gasteiger partial charge >= 0.3 is 0 Å². The van der Waals surface area contributed by atoms with E-state index in [9.17, 15) is 0 Å². The van der Waals surface area contributed by atoms with Crippen LogP contribution in [-0.2, 0) is 5.41 Å². The number of rotatable bonds is 8. The van der Waals surface area contributed by atoms with Gasteiger partial charge in [0.25, 0.3) is 0 Å². The molecule has 1 aliphatic carbocycles. The third-order valence-electron chi connectivity index (χ3n) is 13.6. The zero-order valence-electron chi connectivity index (χ0n) is 36.5. The van der Waals surface area contributed by atoms with Crippen molar-refractivity contribution in [1.82, 2.24) is 4.57 Å². The lowest BCUT2D eigenvalue weighted by Gasteiger charge is -2.31. The topological polar surface area (TPSA) is 8.17 Å². The Morgan fingerprint density at radius 3 is 1.58 bits per heavy atom. The number of hydrogen-bond acceptors (Lipinski definition) is 1. The van der Waals surface area contributed by atoms with Crippen molar-refractivity contribution in [2.75, 3.05) is 4.90 Å². The molecule has 2 nitrogen and oxygen atoms in total. The van der Waals surface area contributed by atoms with E-state index in [1.54, 1.807) is 0 Å². The van der Waals surface area contributed by atoms with Gasteiger partial charge in [-0.1, -0.05) is 214 Å². The van der Waals surface area contributed by atoms with E-state index in [2.05, 4.69) is 266 Å². The van der Waals surface area contributed by atoms with E-state index in [-0.39, 0.29) is 5.41 Å². The van der Waals surface area contributed by atoms with Crippen molar-refractivity contribution < 1.29 is 0 Å². The van der Waals surface area contributed by atoms with Crippen molar-refractivity contribution in [1.29, 1.82) is 0 Å². The van der Waals surface area contributed by atoms with E-state index in [0.717, 1.165) is 28.3 Å². The molecule has 65 heavy (non-hydrogen) atoms. The summed E-state index contributed by atoms with van der Waals surface area (Å²) in [7, 11) is 0. The van der Waals surface area contributed by atoms with Crippen LogP contribution in [0.3, 0.4) is 0 Å². The fourth-order valence-electron chi connectivity index (χ4n) is 10.7. The molecule has 0 radical (unpaired) electrons. The van der Waals surface area contributed by atoms with Crippen LogP contribution in [0.1, 0.15) is 25.0 Å². The van der Waals surface area contributed by atoms with Crippen LogP contribution in [0.4, 0.5) is 17.1 Å². The van der Waals surface area contributed by atoms with Gasteiger partial charge in [0.05, 0.1) is 22.4 Å². The third-order valence-corrected chi connectivity index (χ3v) is 13.6. The number of anilines is 3. The molecule has 1 heterocycles. The average Bonchev–Trinajstić information content (AvgIpc) is 3.84. The van der Waals surface area contributed by atoms with Crippen LogP contribution in [0.25, 0.3) is 83.1 Å². The summed E-state index contributed by atoms with van der Waals surface area (Å²) < 4.78 is 2.43. The van der Waals surface area contributed by atoms with Gasteiger partial charge in [-0.15, -0.1) is 0 Å². The van der Waals surface area contributed by atoms with Crippen LogP contribution in [0.5, 0.6) is 0 Å². The van der Waals surface area contributed by atoms with Gasteiger partial charge < -0.3 is 9.47 Å². The molecule has 2 heteroatoms. The molecule has 0 saturated heterocycles. The molecule has 0 fully saturated rings. The highest BCUT2D eigenvalue weighted by molar-refractivity contribution is 6.14. The lowest BCUT2D eigenvalue weighted by molar-refractivity contribution is 0.660. The molecular weight excluding hydrogens is 785 g/mol. The van der Waals surface area contributed by atoms with Gasteiger partial charge in [-0.25, -0.2) is 0 Å². The molecule has 0 saturated carbocycles. The van der Waals surface area contributed by atoms with Gasteiger partial charge in [-0.05, 0) is 92.5 Å². The number of para-hydroxylation sites is 4. The van der Waals surface area contributed by atoms with Crippen LogP contribution in [0, 0.1) is 0 Å². The normalized spacial score (nSPS) is 12.6. The second-order valence-corrected chi connectivity index (χ2v) is 17.6. The molecule has 0 atom stereocenters. The lowest BCUT2D eigenvalue weighted by atomic mass is 9.82. The summed E-state index contributed by atoms with van der Waals surface area (Å²) in [6, 6.07) is 88.8. The summed E-state index contributed by atoms with van der Waals surface area (Å²) in [4.78, 5) is 2.51. The number of benzene rings is 10. The van der Waals surface area contributed by atoms with E-state index in [4.69, 9.17) is 0 Å². The van der Waals surface area contributed by atoms with E-state index < -0.39 is 0 Å². The zero-order chi connectivity index (χ0) is 43.5. The lowest BCUT2D eigenvalue weighted by Crippen LogP contribution is -2.16. The third kappa shape index (κ3) is 6.25. The highest BCUT2D eigenvalue weighted by Gasteiger charge is 2.38. The summed E-state index contributed by atoms with van der Waals surface area (Å²) in [6.45, 7) is 4.73. The average molecular weight is 831 g/mol. The predicted molar refractivity (Wildman–Crippen MR) is 275 cm³/mol. The summed E-state index contributed by atoms with van der Waals surface area (Å²) in [6.07, 6.45) is 0. The number of aromatic nitrogens is 1. The Morgan fingerprint density at radius 2 is 0.831 bits per heavy atom. The minimum absolute atomic E-state index is 0.152. The van der Waals surface area contributed by atoms with Crippen molar-refractivity contribution in [3.8, 4) is 61.3 Å². The monoisotopic (exact) mass is 830 g/mol. The Morgan fingerprint density at radius 1 is 0.338 bits per heavy atom. The molecule has 12 rings (SSSR count). The standard InChI is InChI=1S/C63H46N2/c1-63(2)56-34-16-13-31-55(56)61-57(63)35-20-38-60(61)64(58-36-17-14-29-52(58)51-28-12-11-27-50(51)49-26-10-9-25-47(49)43-21-5-3-6-22-43)46-41-39-44(40-42-46)48-32-19-33-54-53-30-15-18-37-59(53)65(62(48)54)45-23-7-4-8-24-45/h3-42H,1-2H3. The van der Waals surface area contributed by atoms with Crippen molar-refractivity contribution in [3.63, 3.8) is 0 Å². The number of nitrogens with zero attached hydrogens (tertiary/aromatic N) is 2. The minimum Gasteiger partial charge on any atom is -0.309 e. The van der Waals surface area contributed by atoms with E-state index in [1.807, 2.05) is 0 Å². The smallest absolute Gasteiger partial charge is 0.0619 e. The molecule has 1 aliphatic rings. The van der Waals surface area contributed by atoms with Crippen molar-refractivity contribution in [2.24, 2.45) is 0 Å². The molecule has 0 bridgehead atoms. The molecule has 1 aromatic heterocycles. The first-order valence-electron chi connectivity index (χ1n) is 22.6. The highest BCUT2D eigenvalue weighted by Crippen LogP contribution is 2.55. The first kappa shape index (κ1) is 38.5. The first-order chi connectivity index (χ1) is 32.1. The van der Waals surface area contributed by atoms with Gasteiger partial charge in [-0.3, -0.25) is 0 Å². The summed E-state index contributed by atoms with van der Waals surface area (Å²) >= 11 is 0. The van der Waals surface area contributed by atoms with Crippen molar-refractivity contribution in [2.45, 2.75) is 19.3 Å². The summed E-state index contributed by atoms with van der Waals surface area (Å²) in [5.41, 5.74) is 21.6. The SMILES string of the molecule is CC1(C)c2ccccc2-c2c(N(c3ccc(-c4cccc5c6ccccc6n(-c6ccccc6)c45)cc3)c3ccccc3-c3ccccc3-c3ccccc3-c3ccccc3)cccc21. The number of fused-ring (bicyclic) bond motifs is 6. The van der Waals surface area contributed by atoms with Gasteiger partial charge in [0.2, 0.25) is 0 Å². The van der Waals surface area contributed by atoms with Gasteiger partial charge in [0, 0.05) is 44.3 Å². The van der Waals surface area contributed by atoms with Crippen LogP contribution in [-0.4, -0.2) is 4.57 Å². The molecule has 0 aliphatic heterocycles. The highest BCUT2D eigenvalue weighted by atomic mass is 15.1. The largest absolute Gasteiger partial charge is 0.309 e. The van der Waals surface area contributed by atoms with Crippen LogP contribution in [0.2, 0.25) is 0 Å². The fourth-order valence-corrected chi connectivity index (χ4v) is 10.7.